The largest absolute Gasteiger partial charge is 0.495 e. The first kappa shape index (κ1) is 14.8. The Morgan fingerprint density at radius 1 is 1.33 bits per heavy atom. The minimum atomic E-state index is -3.55. The van der Waals surface area contributed by atoms with E-state index in [9.17, 15) is 8.42 Å². The number of methoxy groups -OCH3 is 1. The van der Waals surface area contributed by atoms with Crippen LogP contribution in [-0.2, 0) is 10.0 Å². The van der Waals surface area contributed by atoms with Gasteiger partial charge in [-0.1, -0.05) is 0 Å². The van der Waals surface area contributed by atoms with E-state index in [4.69, 9.17) is 10.5 Å². The zero-order valence-electron chi connectivity index (χ0n) is 11.4. The first-order valence-electron chi connectivity index (χ1n) is 5.66. The molecule has 102 valence electrons. The zero-order chi connectivity index (χ0) is 14.1. The average Bonchev–Trinajstić information content (AvgIpc) is 2.21. The van der Waals surface area contributed by atoms with Gasteiger partial charge in [0.05, 0.1) is 17.7 Å². The lowest BCUT2D eigenvalue weighted by molar-refractivity contribution is 0.416. The molecule has 1 aromatic carbocycles. The van der Waals surface area contributed by atoms with Crippen LogP contribution in [0.15, 0.2) is 11.0 Å². The van der Waals surface area contributed by atoms with E-state index in [1.165, 1.54) is 7.11 Å². The molecule has 0 unspecified atom stereocenters. The third-order valence-electron chi connectivity index (χ3n) is 2.60. The Morgan fingerprint density at radius 3 is 2.33 bits per heavy atom. The molecule has 0 heterocycles. The molecule has 1 aromatic rings. The van der Waals surface area contributed by atoms with Crippen molar-refractivity contribution in [2.24, 2.45) is 0 Å². The second kappa shape index (κ2) is 5.16. The summed E-state index contributed by atoms with van der Waals surface area (Å²) in [6.45, 7) is 6.95. The van der Waals surface area contributed by atoms with Crippen molar-refractivity contribution in [3.05, 3.63) is 17.2 Å². The van der Waals surface area contributed by atoms with Crippen molar-refractivity contribution in [1.82, 2.24) is 4.72 Å². The third kappa shape index (κ3) is 2.76. The predicted octanol–water partition coefficient (Wildman–Crippen LogP) is 1.58. The topological polar surface area (TPSA) is 81.4 Å². The van der Waals surface area contributed by atoms with Crippen molar-refractivity contribution in [2.75, 3.05) is 12.8 Å². The van der Waals surface area contributed by atoms with Crippen molar-refractivity contribution in [1.29, 1.82) is 0 Å². The van der Waals surface area contributed by atoms with Gasteiger partial charge in [-0.3, -0.25) is 0 Å². The quantitative estimate of drug-likeness (QED) is 0.815. The molecule has 18 heavy (non-hydrogen) atoms. The molecule has 0 aliphatic heterocycles. The molecule has 0 saturated carbocycles. The molecule has 0 saturated heterocycles. The predicted molar refractivity (Wildman–Crippen MR) is 72.3 cm³/mol. The summed E-state index contributed by atoms with van der Waals surface area (Å²) < 4.78 is 32.1. The number of hydrogen-bond acceptors (Lipinski definition) is 4. The van der Waals surface area contributed by atoms with Crippen LogP contribution in [0.25, 0.3) is 0 Å². The van der Waals surface area contributed by atoms with Crippen LogP contribution in [0.3, 0.4) is 0 Å². The summed E-state index contributed by atoms with van der Waals surface area (Å²) in [5.41, 5.74) is 7.36. The van der Waals surface area contributed by atoms with Crippen LogP contribution in [0.5, 0.6) is 5.75 Å². The summed E-state index contributed by atoms with van der Waals surface area (Å²) in [7, 11) is -2.05. The number of hydrogen-bond donors (Lipinski definition) is 2. The Morgan fingerprint density at radius 2 is 1.89 bits per heavy atom. The monoisotopic (exact) mass is 272 g/mol. The number of anilines is 1. The first-order valence-corrected chi connectivity index (χ1v) is 7.15. The fourth-order valence-corrected chi connectivity index (χ4v) is 3.63. The van der Waals surface area contributed by atoms with Gasteiger partial charge in [0.25, 0.3) is 0 Å². The van der Waals surface area contributed by atoms with E-state index in [-0.39, 0.29) is 10.9 Å². The molecule has 0 fully saturated rings. The maximum atomic E-state index is 12.2. The summed E-state index contributed by atoms with van der Waals surface area (Å²) in [6, 6.07) is 1.47. The van der Waals surface area contributed by atoms with Crippen molar-refractivity contribution in [2.45, 2.75) is 38.6 Å². The van der Waals surface area contributed by atoms with Gasteiger partial charge in [-0.05, 0) is 44.9 Å². The molecular weight excluding hydrogens is 252 g/mol. The summed E-state index contributed by atoms with van der Waals surface area (Å²) in [4.78, 5) is 0.231. The van der Waals surface area contributed by atoms with Gasteiger partial charge in [-0.25, -0.2) is 13.1 Å². The number of rotatable bonds is 4. The highest BCUT2D eigenvalue weighted by Crippen LogP contribution is 2.33. The zero-order valence-corrected chi connectivity index (χ0v) is 12.2. The molecular formula is C12H20N2O3S. The normalized spacial score (nSPS) is 11.9. The van der Waals surface area contributed by atoms with E-state index in [1.54, 1.807) is 33.8 Å². The number of nitrogens with one attached hydrogen (secondary N) is 1. The Labute approximate surface area is 108 Å². The maximum absolute atomic E-state index is 12.2. The highest BCUT2D eigenvalue weighted by atomic mass is 32.2. The Kier molecular flexibility index (Phi) is 4.24. The molecule has 0 bridgehead atoms. The molecule has 3 N–H and O–H groups in total. The van der Waals surface area contributed by atoms with Crippen LogP contribution in [0.1, 0.15) is 25.0 Å². The highest BCUT2D eigenvalue weighted by Gasteiger charge is 2.23. The van der Waals surface area contributed by atoms with Gasteiger partial charge in [-0.2, -0.15) is 0 Å². The van der Waals surface area contributed by atoms with E-state index in [0.717, 1.165) is 0 Å². The van der Waals surface area contributed by atoms with E-state index < -0.39 is 10.0 Å². The summed E-state index contributed by atoms with van der Waals surface area (Å²) in [5, 5.41) is 0. The molecule has 0 aliphatic rings. The number of benzene rings is 1. The molecule has 0 amide bonds. The molecule has 1 rings (SSSR count). The van der Waals surface area contributed by atoms with E-state index in [2.05, 4.69) is 4.72 Å². The number of nitrogen functional groups attached to an aromatic ring is 1. The minimum Gasteiger partial charge on any atom is -0.495 e. The van der Waals surface area contributed by atoms with Crippen molar-refractivity contribution >= 4 is 15.7 Å². The standard InChI is InChI=1S/C12H20N2O3S/c1-7(2)14-18(15,16)12-8(3)6-10(17-5)11(13)9(12)4/h6-7,14H,13H2,1-5H3. The molecule has 0 radical (unpaired) electrons. The first-order chi connectivity index (χ1) is 8.20. The fraction of sp³-hybridized carbons (Fsp3) is 0.500. The number of nitrogens with two attached hydrogens (primary N) is 1. The van der Waals surface area contributed by atoms with Gasteiger partial charge in [0.2, 0.25) is 10.0 Å². The molecule has 0 aromatic heterocycles. The molecule has 6 heteroatoms. The molecule has 0 aliphatic carbocycles. The van der Waals surface area contributed by atoms with Gasteiger partial charge in [0.15, 0.2) is 0 Å². The van der Waals surface area contributed by atoms with Crippen LogP contribution in [0, 0.1) is 13.8 Å². The van der Waals surface area contributed by atoms with Gasteiger partial charge in [0.1, 0.15) is 5.75 Å². The molecule has 0 spiro atoms. The van der Waals surface area contributed by atoms with Crippen molar-refractivity contribution in [3.63, 3.8) is 0 Å². The SMILES string of the molecule is COc1cc(C)c(S(=O)(=O)NC(C)C)c(C)c1N. The van der Waals surface area contributed by atoms with Crippen molar-refractivity contribution < 1.29 is 13.2 Å². The van der Waals surface area contributed by atoms with Crippen molar-refractivity contribution in [3.8, 4) is 5.75 Å². The van der Waals surface area contributed by atoms with E-state index in [0.29, 0.717) is 22.6 Å². The van der Waals surface area contributed by atoms with E-state index >= 15 is 0 Å². The number of sulfonamides is 1. The maximum Gasteiger partial charge on any atom is 0.241 e. The van der Waals surface area contributed by atoms with Gasteiger partial charge >= 0.3 is 0 Å². The smallest absolute Gasteiger partial charge is 0.241 e. The second-order valence-electron chi connectivity index (χ2n) is 4.54. The van der Waals surface area contributed by atoms with Crippen LogP contribution in [-0.4, -0.2) is 21.6 Å². The molecule has 5 nitrogen and oxygen atoms in total. The second-order valence-corrected chi connectivity index (χ2v) is 6.19. The lowest BCUT2D eigenvalue weighted by Crippen LogP contribution is -2.31. The Balaban J connectivity index is 3.48. The van der Waals surface area contributed by atoms with Crippen LogP contribution < -0.4 is 15.2 Å². The number of aryl methyl sites for hydroxylation is 1. The third-order valence-corrected chi connectivity index (χ3v) is 4.54. The van der Waals surface area contributed by atoms with Crippen LogP contribution >= 0.6 is 0 Å². The van der Waals surface area contributed by atoms with Crippen LogP contribution in [0.4, 0.5) is 5.69 Å². The van der Waals surface area contributed by atoms with Gasteiger partial charge < -0.3 is 10.5 Å². The van der Waals surface area contributed by atoms with E-state index in [1.807, 2.05) is 0 Å². The van der Waals surface area contributed by atoms with Crippen LogP contribution in [0.2, 0.25) is 0 Å². The lowest BCUT2D eigenvalue weighted by atomic mass is 10.1. The highest BCUT2D eigenvalue weighted by molar-refractivity contribution is 7.89. The van der Waals surface area contributed by atoms with Gasteiger partial charge in [0, 0.05) is 6.04 Å². The Hall–Kier alpha value is -1.27. The number of ether oxygens (including phenoxy) is 1. The Bertz CT molecular complexity index is 551. The minimum absolute atomic E-state index is 0.169. The summed E-state index contributed by atoms with van der Waals surface area (Å²) in [6.07, 6.45) is 0. The molecule has 0 atom stereocenters. The van der Waals surface area contributed by atoms with Gasteiger partial charge in [-0.15, -0.1) is 0 Å². The summed E-state index contributed by atoms with van der Waals surface area (Å²) in [5.74, 6) is 0.494. The lowest BCUT2D eigenvalue weighted by Gasteiger charge is -2.17. The fourth-order valence-electron chi connectivity index (χ4n) is 1.89. The summed E-state index contributed by atoms with van der Waals surface area (Å²) >= 11 is 0. The average molecular weight is 272 g/mol.